The molecule has 0 aliphatic heterocycles. The van der Waals surface area contributed by atoms with Crippen molar-refractivity contribution < 1.29 is 9.90 Å². The molecule has 2 atom stereocenters. The van der Waals surface area contributed by atoms with Gasteiger partial charge < -0.3 is 5.11 Å². The van der Waals surface area contributed by atoms with Gasteiger partial charge in [0.1, 0.15) is 0 Å². The van der Waals surface area contributed by atoms with E-state index in [0.717, 1.165) is 19.3 Å². The molecule has 0 saturated heterocycles. The van der Waals surface area contributed by atoms with E-state index < -0.39 is 5.97 Å². The van der Waals surface area contributed by atoms with Gasteiger partial charge >= 0.3 is 5.97 Å². The minimum atomic E-state index is -0.609. The Morgan fingerprint density at radius 3 is 2.54 bits per heavy atom. The average Bonchev–Trinajstić information content (AvgIpc) is 2.12. The predicted molar refractivity (Wildman–Crippen MR) is 52.5 cm³/mol. The van der Waals surface area contributed by atoms with Crippen LogP contribution in [-0.2, 0) is 4.79 Å². The van der Waals surface area contributed by atoms with Crippen LogP contribution < -0.4 is 0 Å². The zero-order valence-electron chi connectivity index (χ0n) is 8.84. The quantitative estimate of drug-likeness (QED) is 0.636. The summed E-state index contributed by atoms with van der Waals surface area (Å²) in [5.41, 5.74) is 0.194. The summed E-state index contributed by atoms with van der Waals surface area (Å²) in [6, 6.07) is 0. The van der Waals surface area contributed by atoms with Crippen molar-refractivity contribution in [2.45, 2.75) is 46.5 Å². The predicted octanol–water partition coefficient (Wildman–Crippen LogP) is 2.92. The first kappa shape index (κ1) is 10.6. The van der Waals surface area contributed by atoms with E-state index in [1.54, 1.807) is 0 Å². The summed E-state index contributed by atoms with van der Waals surface area (Å²) in [5.74, 6) is -0.0704. The van der Waals surface area contributed by atoms with Crippen LogP contribution in [0.2, 0.25) is 0 Å². The Balaban J connectivity index is 2.70. The maximum Gasteiger partial charge on any atom is 0.306 e. The minimum Gasteiger partial charge on any atom is -0.481 e. The average molecular weight is 184 g/mol. The van der Waals surface area contributed by atoms with Crippen LogP contribution in [-0.4, -0.2) is 11.1 Å². The van der Waals surface area contributed by atoms with Gasteiger partial charge in [-0.2, -0.15) is 0 Å². The fourth-order valence-electron chi connectivity index (χ4n) is 2.21. The summed E-state index contributed by atoms with van der Waals surface area (Å²) in [5, 5.41) is 8.98. The molecule has 0 heterocycles. The fourth-order valence-corrected chi connectivity index (χ4v) is 2.21. The molecule has 1 N–H and O–H groups in total. The van der Waals surface area contributed by atoms with Crippen LogP contribution in [0.15, 0.2) is 0 Å². The molecule has 76 valence electrons. The Morgan fingerprint density at radius 2 is 2.00 bits per heavy atom. The molecule has 2 unspecified atom stereocenters. The van der Waals surface area contributed by atoms with Crippen molar-refractivity contribution in [1.29, 1.82) is 0 Å². The molecule has 0 aromatic rings. The van der Waals surface area contributed by atoms with Crippen LogP contribution in [0.25, 0.3) is 0 Å². The van der Waals surface area contributed by atoms with Crippen molar-refractivity contribution in [3.8, 4) is 0 Å². The van der Waals surface area contributed by atoms with Crippen LogP contribution in [0.1, 0.15) is 46.5 Å². The summed E-state index contributed by atoms with van der Waals surface area (Å²) in [7, 11) is 0. The zero-order chi connectivity index (χ0) is 10.1. The van der Waals surface area contributed by atoms with Gasteiger partial charge in [-0.25, -0.2) is 0 Å². The molecule has 1 aliphatic rings. The van der Waals surface area contributed by atoms with Gasteiger partial charge in [0.2, 0.25) is 0 Å². The Hall–Kier alpha value is -0.530. The van der Waals surface area contributed by atoms with E-state index in [4.69, 9.17) is 5.11 Å². The fraction of sp³-hybridized carbons (Fsp3) is 0.909. The first-order chi connectivity index (χ1) is 5.93. The van der Waals surface area contributed by atoms with Crippen LogP contribution >= 0.6 is 0 Å². The monoisotopic (exact) mass is 184 g/mol. The summed E-state index contributed by atoms with van der Waals surface area (Å²) in [4.78, 5) is 10.9. The van der Waals surface area contributed by atoms with Crippen molar-refractivity contribution >= 4 is 5.97 Å². The van der Waals surface area contributed by atoms with Crippen molar-refractivity contribution in [3.63, 3.8) is 0 Å². The summed E-state index contributed by atoms with van der Waals surface area (Å²) >= 11 is 0. The summed E-state index contributed by atoms with van der Waals surface area (Å²) in [6.07, 6.45) is 3.95. The third-order valence-electron chi connectivity index (χ3n) is 3.65. The van der Waals surface area contributed by atoms with Crippen LogP contribution in [0.3, 0.4) is 0 Å². The Kier molecular flexibility index (Phi) is 2.99. The lowest BCUT2D eigenvalue weighted by molar-refractivity contribution is -0.143. The molecular formula is C11H20O2. The third kappa shape index (κ3) is 2.45. The topological polar surface area (TPSA) is 37.3 Å². The lowest BCUT2D eigenvalue weighted by Crippen LogP contribution is -2.25. The van der Waals surface area contributed by atoms with E-state index in [9.17, 15) is 4.79 Å². The number of aliphatic carboxylic acids is 1. The normalized spacial score (nSPS) is 33.8. The number of hydrogen-bond acceptors (Lipinski definition) is 1. The first-order valence-corrected chi connectivity index (χ1v) is 5.16. The van der Waals surface area contributed by atoms with Gasteiger partial charge in [-0.05, 0) is 24.2 Å². The second-order valence-corrected chi connectivity index (χ2v) is 5.06. The molecule has 1 aliphatic carbocycles. The van der Waals surface area contributed by atoms with Crippen molar-refractivity contribution in [2.24, 2.45) is 17.3 Å². The number of rotatable bonds is 1. The molecule has 0 radical (unpaired) electrons. The smallest absolute Gasteiger partial charge is 0.306 e. The van der Waals surface area contributed by atoms with E-state index in [2.05, 4.69) is 20.8 Å². The maximum absolute atomic E-state index is 10.9. The van der Waals surface area contributed by atoms with Gasteiger partial charge in [0.25, 0.3) is 0 Å². The highest BCUT2D eigenvalue weighted by molar-refractivity contribution is 5.70. The molecule has 0 aromatic carbocycles. The van der Waals surface area contributed by atoms with E-state index in [1.807, 2.05) is 0 Å². The maximum atomic E-state index is 10.9. The van der Waals surface area contributed by atoms with E-state index in [0.29, 0.717) is 5.92 Å². The molecule has 0 bridgehead atoms. The molecular weight excluding hydrogens is 164 g/mol. The SMILES string of the molecule is CC1CCCC(C(=O)O)CC1(C)C. The first-order valence-electron chi connectivity index (χ1n) is 5.16. The van der Waals surface area contributed by atoms with Crippen molar-refractivity contribution in [3.05, 3.63) is 0 Å². The molecule has 0 spiro atoms. The van der Waals surface area contributed by atoms with E-state index in [-0.39, 0.29) is 11.3 Å². The van der Waals surface area contributed by atoms with Gasteiger partial charge in [0.15, 0.2) is 0 Å². The van der Waals surface area contributed by atoms with Gasteiger partial charge in [0.05, 0.1) is 5.92 Å². The number of carbonyl (C=O) groups is 1. The highest BCUT2D eigenvalue weighted by Crippen LogP contribution is 2.41. The van der Waals surface area contributed by atoms with Crippen LogP contribution in [0, 0.1) is 17.3 Å². The Bertz CT molecular complexity index is 196. The largest absolute Gasteiger partial charge is 0.481 e. The second kappa shape index (κ2) is 3.69. The lowest BCUT2D eigenvalue weighted by Gasteiger charge is -2.31. The van der Waals surface area contributed by atoms with Crippen LogP contribution in [0.4, 0.5) is 0 Å². The van der Waals surface area contributed by atoms with Crippen LogP contribution in [0.5, 0.6) is 0 Å². The highest BCUT2D eigenvalue weighted by Gasteiger charge is 2.34. The molecule has 1 fully saturated rings. The molecule has 2 heteroatoms. The van der Waals surface area contributed by atoms with E-state index >= 15 is 0 Å². The molecule has 13 heavy (non-hydrogen) atoms. The molecule has 1 rings (SSSR count). The third-order valence-corrected chi connectivity index (χ3v) is 3.65. The van der Waals surface area contributed by atoms with Crippen molar-refractivity contribution in [2.75, 3.05) is 0 Å². The van der Waals surface area contributed by atoms with Gasteiger partial charge in [0, 0.05) is 0 Å². The standard InChI is InChI=1S/C11H20O2/c1-8-5-4-6-9(10(12)13)7-11(8,2)3/h8-9H,4-7H2,1-3H3,(H,12,13). The highest BCUT2D eigenvalue weighted by atomic mass is 16.4. The molecule has 1 saturated carbocycles. The number of hydrogen-bond donors (Lipinski definition) is 1. The Labute approximate surface area is 80.3 Å². The van der Waals surface area contributed by atoms with Gasteiger partial charge in [-0.15, -0.1) is 0 Å². The second-order valence-electron chi connectivity index (χ2n) is 5.06. The number of carboxylic acid groups (broad SMARTS) is 1. The zero-order valence-corrected chi connectivity index (χ0v) is 8.84. The molecule has 0 amide bonds. The minimum absolute atomic E-state index is 0.111. The lowest BCUT2D eigenvalue weighted by atomic mass is 9.74. The summed E-state index contributed by atoms with van der Waals surface area (Å²) < 4.78 is 0. The number of carboxylic acids is 1. The van der Waals surface area contributed by atoms with Gasteiger partial charge in [-0.1, -0.05) is 33.6 Å². The van der Waals surface area contributed by atoms with Crippen molar-refractivity contribution in [1.82, 2.24) is 0 Å². The van der Waals surface area contributed by atoms with Gasteiger partial charge in [-0.3, -0.25) is 4.79 Å². The Morgan fingerprint density at radius 1 is 1.38 bits per heavy atom. The molecule has 0 aromatic heterocycles. The molecule has 2 nitrogen and oxygen atoms in total. The summed E-state index contributed by atoms with van der Waals surface area (Å²) in [6.45, 7) is 6.63. The van der Waals surface area contributed by atoms with E-state index in [1.165, 1.54) is 6.42 Å².